The van der Waals surface area contributed by atoms with Crippen LogP contribution >= 0.6 is 0 Å². The first-order valence-corrected chi connectivity index (χ1v) is 14.6. The monoisotopic (exact) mass is 354 g/mol. The van der Waals surface area contributed by atoms with E-state index in [-0.39, 0.29) is 15.7 Å². The van der Waals surface area contributed by atoms with Crippen LogP contribution in [0.15, 0.2) is 24.5 Å². The molecule has 0 atom stereocenters. The Bertz CT molecular complexity index is 473. The third-order valence-electron chi connectivity index (χ3n) is 5.77. The molecule has 0 aliphatic heterocycles. The largest absolute Gasteiger partial charge is 0.544 e. The molecule has 1 rings (SSSR count). The number of rotatable bonds is 6. The van der Waals surface area contributed by atoms with Gasteiger partial charge in [0.15, 0.2) is 8.32 Å². The highest BCUT2D eigenvalue weighted by Crippen LogP contribution is 2.48. The maximum Gasteiger partial charge on any atom is 0.250 e. The summed E-state index contributed by atoms with van der Waals surface area (Å²) < 4.78 is 12.9. The predicted octanol–water partition coefficient (Wildman–Crippen LogP) is 6.63. The highest BCUT2D eigenvalue weighted by molar-refractivity contribution is 6.74. The van der Waals surface area contributed by atoms with Crippen LogP contribution in [0.25, 0.3) is 0 Å². The second-order valence-corrected chi connectivity index (χ2v) is 19.5. The van der Waals surface area contributed by atoms with E-state index < -0.39 is 16.6 Å². The Morgan fingerprint density at radius 2 is 1.35 bits per heavy atom. The van der Waals surface area contributed by atoms with E-state index in [0.29, 0.717) is 0 Å². The van der Waals surface area contributed by atoms with Crippen molar-refractivity contribution in [1.29, 1.82) is 0 Å². The lowest BCUT2D eigenvalue weighted by Gasteiger charge is -2.39. The van der Waals surface area contributed by atoms with Gasteiger partial charge in [-0.25, -0.2) is 0 Å². The molecule has 0 amide bonds. The van der Waals surface area contributed by atoms with Crippen LogP contribution in [0, 0.1) is 0 Å². The maximum atomic E-state index is 6.62. The second kappa shape index (κ2) is 6.19. The first-order valence-electron chi connectivity index (χ1n) is 8.79. The van der Waals surface area contributed by atoms with Gasteiger partial charge in [-0.05, 0) is 55.2 Å². The van der Waals surface area contributed by atoms with Gasteiger partial charge >= 0.3 is 0 Å². The van der Waals surface area contributed by atoms with Crippen molar-refractivity contribution in [3.05, 3.63) is 24.5 Å². The van der Waals surface area contributed by atoms with E-state index in [1.807, 2.05) is 6.08 Å². The van der Waals surface area contributed by atoms with Gasteiger partial charge in [0.05, 0.1) is 11.4 Å². The lowest BCUT2D eigenvalue weighted by Crippen LogP contribution is -2.44. The van der Waals surface area contributed by atoms with Crippen LogP contribution in [0.3, 0.4) is 0 Å². The molecule has 1 aliphatic rings. The molecule has 23 heavy (non-hydrogen) atoms. The first kappa shape index (κ1) is 20.7. The van der Waals surface area contributed by atoms with Gasteiger partial charge in [0.25, 0.3) is 0 Å². The van der Waals surface area contributed by atoms with Crippen molar-refractivity contribution in [1.82, 2.24) is 0 Å². The molecule has 0 spiro atoms. The van der Waals surface area contributed by atoms with Gasteiger partial charge in [0.1, 0.15) is 0 Å². The van der Waals surface area contributed by atoms with E-state index in [0.717, 1.165) is 18.6 Å². The highest BCUT2D eigenvalue weighted by Gasteiger charge is 2.50. The molecule has 4 heteroatoms. The molecular weight excluding hydrogens is 316 g/mol. The summed E-state index contributed by atoms with van der Waals surface area (Å²) in [5, 5.41) is 0.434. The van der Waals surface area contributed by atoms with Gasteiger partial charge in [0.2, 0.25) is 8.32 Å². The van der Waals surface area contributed by atoms with Gasteiger partial charge in [0, 0.05) is 0 Å². The van der Waals surface area contributed by atoms with E-state index >= 15 is 0 Å². The summed E-state index contributed by atoms with van der Waals surface area (Å²) in [6.07, 6.45) is 6.47. The van der Waals surface area contributed by atoms with Crippen LogP contribution in [0.4, 0.5) is 0 Å². The molecule has 0 radical (unpaired) electrons. The fraction of sp³-hybridized carbons (Fsp3) is 0.789. The van der Waals surface area contributed by atoms with Crippen molar-refractivity contribution in [3.8, 4) is 0 Å². The van der Waals surface area contributed by atoms with E-state index in [1.54, 1.807) is 0 Å². The van der Waals surface area contributed by atoms with Crippen LogP contribution in [-0.2, 0) is 8.85 Å². The Morgan fingerprint density at radius 3 is 1.70 bits per heavy atom. The lowest BCUT2D eigenvalue weighted by molar-refractivity contribution is 0.205. The van der Waals surface area contributed by atoms with E-state index in [1.165, 1.54) is 0 Å². The van der Waals surface area contributed by atoms with Crippen LogP contribution in [-0.4, -0.2) is 22.2 Å². The van der Waals surface area contributed by atoms with Crippen LogP contribution < -0.4 is 0 Å². The number of allylic oxidation sites excluding steroid dienone is 1. The highest BCUT2D eigenvalue weighted by atomic mass is 28.4. The van der Waals surface area contributed by atoms with Crippen LogP contribution in [0.5, 0.6) is 0 Å². The first-order chi connectivity index (χ1) is 10.0. The third-order valence-corrected chi connectivity index (χ3v) is 14.7. The minimum Gasteiger partial charge on any atom is -0.544 e. The lowest BCUT2D eigenvalue weighted by atomic mass is 10.2. The molecule has 0 aromatic heterocycles. The molecule has 0 aromatic carbocycles. The fourth-order valence-electron chi connectivity index (χ4n) is 1.85. The molecular formula is C19H38O2Si2. The van der Waals surface area contributed by atoms with Gasteiger partial charge in [-0.3, -0.25) is 0 Å². The topological polar surface area (TPSA) is 18.5 Å². The second-order valence-electron chi connectivity index (χ2n) is 10.1. The normalized spacial score (nSPS) is 19.0. The Hall–Kier alpha value is -0.326. The van der Waals surface area contributed by atoms with Gasteiger partial charge in [-0.2, -0.15) is 0 Å². The molecule has 134 valence electrons. The molecule has 0 saturated heterocycles. The molecule has 0 N–H and O–H groups in total. The SMILES string of the molecule is C=C(/C=C/C1(O[Si](C)(C)C(C)(C)C)CC1)O[Si](C)(C)C(C)(C)C. The van der Waals surface area contributed by atoms with Gasteiger partial charge in [-0.1, -0.05) is 54.2 Å². The molecule has 0 bridgehead atoms. The van der Waals surface area contributed by atoms with Crippen molar-refractivity contribution < 1.29 is 8.85 Å². The fourth-order valence-corrected chi connectivity index (χ4v) is 4.47. The smallest absolute Gasteiger partial charge is 0.250 e. The quantitative estimate of drug-likeness (QED) is 0.302. The summed E-state index contributed by atoms with van der Waals surface area (Å²) in [5.74, 6) is 0.779. The molecule has 1 saturated carbocycles. The summed E-state index contributed by atoms with van der Waals surface area (Å²) in [5.41, 5.74) is -0.0667. The Kier molecular flexibility index (Phi) is 5.58. The van der Waals surface area contributed by atoms with Gasteiger partial charge in [-0.15, -0.1) is 0 Å². The van der Waals surface area contributed by atoms with Crippen LogP contribution in [0.2, 0.25) is 36.3 Å². The van der Waals surface area contributed by atoms with Crippen molar-refractivity contribution in [2.75, 3.05) is 0 Å². The summed E-state index contributed by atoms with van der Waals surface area (Å²) in [7, 11) is -3.54. The van der Waals surface area contributed by atoms with E-state index in [9.17, 15) is 0 Å². The Balaban J connectivity index is 2.73. The molecule has 2 nitrogen and oxygen atoms in total. The third kappa shape index (κ3) is 5.33. The van der Waals surface area contributed by atoms with Crippen molar-refractivity contribution >= 4 is 16.6 Å². The van der Waals surface area contributed by atoms with Gasteiger partial charge < -0.3 is 8.85 Å². The van der Waals surface area contributed by atoms with Crippen molar-refractivity contribution in [3.63, 3.8) is 0 Å². The zero-order valence-corrected chi connectivity index (χ0v) is 19.1. The predicted molar refractivity (Wildman–Crippen MR) is 107 cm³/mol. The van der Waals surface area contributed by atoms with E-state index in [2.05, 4.69) is 80.4 Å². The number of hydrogen-bond acceptors (Lipinski definition) is 2. The van der Waals surface area contributed by atoms with Crippen molar-refractivity contribution in [2.24, 2.45) is 0 Å². The Morgan fingerprint density at radius 1 is 0.913 bits per heavy atom. The molecule has 0 aromatic rings. The van der Waals surface area contributed by atoms with Crippen molar-refractivity contribution in [2.45, 2.75) is 96.2 Å². The standard InChI is InChI=1S/C19H38O2Si2/c1-16(20-22(8,9)17(2,3)4)12-13-19(14-15-19)21-23(10,11)18(5,6)7/h12-13H,1,14-15H2,2-11H3/b13-12+. The zero-order chi connectivity index (χ0) is 18.3. The summed E-state index contributed by atoms with van der Waals surface area (Å²) >= 11 is 0. The minimum absolute atomic E-state index is 0.0667. The molecule has 1 fully saturated rings. The average Bonchev–Trinajstić information content (AvgIpc) is 3.02. The summed E-state index contributed by atoms with van der Waals surface area (Å²) in [6.45, 7) is 26.9. The summed E-state index contributed by atoms with van der Waals surface area (Å²) in [6, 6.07) is 0. The molecule has 1 aliphatic carbocycles. The minimum atomic E-state index is -1.80. The molecule has 0 heterocycles. The zero-order valence-electron chi connectivity index (χ0n) is 17.1. The average molecular weight is 355 g/mol. The summed E-state index contributed by atoms with van der Waals surface area (Å²) in [4.78, 5) is 0. The Labute approximate surface area is 146 Å². The van der Waals surface area contributed by atoms with Crippen LogP contribution in [0.1, 0.15) is 54.4 Å². The number of hydrogen-bond donors (Lipinski definition) is 0. The molecule has 0 unspecified atom stereocenters. The van der Waals surface area contributed by atoms with E-state index in [4.69, 9.17) is 8.85 Å². The maximum absolute atomic E-state index is 6.62.